The van der Waals surface area contributed by atoms with E-state index in [0.717, 1.165) is 32.2 Å². The molecule has 1 aliphatic heterocycles. The van der Waals surface area contributed by atoms with Crippen LogP contribution in [0.2, 0.25) is 0 Å². The summed E-state index contributed by atoms with van der Waals surface area (Å²) in [5.41, 5.74) is -0.347. The van der Waals surface area contributed by atoms with Gasteiger partial charge in [0.2, 0.25) is 5.91 Å². The third-order valence-corrected chi connectivity index (χ3v) is 3.48. The third kappa shape index (κ3) is 3.93. The van der Waals surface area contributed by atoms with Crippen LogP contribution >= 0.6 is 0 Å². The first-order valence-corrected chi connectivity index (χ1v) is 6.85. The molecule has 2 N–H and O–H groups in total. The predicted octanol–water partition coefficient (Wildman–Crippen LogP) is 0.376. The highest BCUT2D eigenvalue weighted by Gasteiger charge is 2.41. The first kappa shape index (κ1) is 15.4. The number of nitrogens with one attached hydrogen (secondary N) is 1. The molecule has 1 amide bonds. The fourth-order valence-electron chi connectivity index (χ4n) is 2.57. The van der Waals surface area contributed by atoms with Crippen molar-refractivity contribution >= 4 is 5.91 Å². The Morgan fingerprint density at radius 3 is 2.83 bits per heavy atom. The van der Waals surface area contributed by atoms with Crippen LogP contribution in [0.4, 0.5) is 0 Å². The van der Waals surface area contributed by atoms with Gasteiger partial charge in [-0.2, -0.15) is 0 Å². The number of hydrogen-bond acceptors (Lipinski definition) is 4. The van der Waals surface area contributed by atoms with E-state index in [9.17, 15) is 4.79 Å². The maximum Gasteiger partial charge on any atom is 0.242 e. The summed E-state index contributed by atoms with van der Waals surface area (Å²) in [6, 6.07) is 0. The number of rotatable bonds is 8. The fourth-order valence-corrected chi connectivity index (χ4v) is 2.57. The van der Waals surface area contributed by atoms with Crippen molar-refractivity contribution in [2.75, 3.05) is 40.0 Å². The summed E-state index contributed by atoms with van der Waals surface area (Å²) in [6.07, 6.45) is 3.91. The van der Waals surface area contributed by atoms with Crippen LogP contribution in [0.3, 0.4) is 0 Å². The van der Waals surface area contributed by atoms with Gasteiger partial charge in [0.15, 0.2) is 0 Å². The monoisotopic (exact) mass is 258 g/mol. The Labute approximate surface area is 109 Å². The average Bonchev–Trinajstić information content (AvgIpc) is 2.83. The highest BCUT2D eigenvalue weighted by Crippen LogP contribution is 2.26. The second-order valence-corrected chi connectivity index (χ2v) is 4.93. The first-order valence-electron chi connectivity index (χ1n) is 6.85. The Morgan fingerprint density at radius 2 is 2.28 bits per heavy atom. The van der Waals surface area contributed by atoms with Gasteiger partial charge in [-0.3, -0.25) is 4.79 Å². The Hall–Kier alpha value is -0.650. The van der Waals surface area contributed by atoms with Crippen LogP contribution in [0.1, 0.15) is 32.6 Å². The highest BCUT2D eigenvalue weighted by atomic mass is 16.5. The van der Waals surface area contributed by atoms with E-state index < -0.39 is 0 Å². The van der Waals surface area contributed by atoms with Crippen LogP contribution in [0.25, 0.3) is 0 Å². The van der Waals surface area contributed by atoms with Crippen molar-refractivity contribution in [3.8, 4) is 0 Å². The molecule has 1 aliphatic rings. The maximum atomic E-state index is 12.5. The topological polar surface area (TPSA) is 61.8 Å². The summed E-state index contributed by atoms with van der Waals surface area (Å²) >= 11 is 0. The molecule has 1 fully saturated rings. The largest absolute Gasteiger partial charge is 0.394 e. The second-order valence-electron chi connectivity index (χ2n) is 4.93. The first-order chi connectivity index (χ1) is 8.66. The van der Waals surface area contributed by atoms with Gasteiger partial charge in [-0.05, 0) is 25.8 Å². The number of ether oxygens (including phenoxy) is 1. The molecule has 1 saturated heterocycles. The maximum absolute atomic E-state index is 12.5. The zero-order valence-electron chi connectivity index (χ0n) is 11.6. The van der Waals surface area contributed by atoms with Crippen molar-refractivity contribution < 1.29 is 14.6 Å². The zero-order valence-corrected chi connectivity index (χ0v) is 11.6. The number of likely N-dealkylation sites (N-methyl/N-ethyl adjacent to an activating group) is 1. The molecular formula is C13H26N2O3. The zero-order chi connectivity index (χ0) is 13.4. The minimum absolute atomic E-state index is 0.0268. The molecular weight excluding hydrogens is 232 g/mol. The van der Waals surface area contributed by atoms with E-state index in [0.29, 0.717) is 19.8 Å². The Bertz CT molecular complexity index is 253. The highest BCUT2D eigenvalue weighted by molar-refractivity contribution is 5.86. The number of aliphatic hydroxyl groups is 1. The molecule has 0 spiro atoms. The Kier molecular flexibility index (Phi) is 6.60. The van der Waals surface area contributed by atoms with Gasteiger partial charge < -0.3 is 20.1 Å². The molecule has 0 aromatic rings. The predicted molar refractivity (Wildman–Crippen MR) is 70.4 cm³/mol. The molecule has 0 bridgehead atoms. The number of amides is 1. The molecule has 1 unspecified atom stereocenters. The summed E-state index contributed by atoms with van der Waals surface area (Å²) in [4.78, 5) is 14.2. The smallest absolute Gasteiger partial charge is 0.242 e. The summed E-state index contributed by atoms with van der Waals surface area (Å²) in [5, 5.41) is 12.0. The van der Waals surface area contributed by atoms with Gasteiger partial charge in [0.25, 0.3) is 0 Å². The molecule has 5 nitrogen and oxygen atoms in total. The van der Waals surface area contributed by atoms with Crippen LogP contribution in [0, 0.1) is 0 Å². The van der Waals surface area contributed by atoms with Crippen molar-refractivity contribution in [3.63, 3.8) is 0 Å². The van der Waals surface area contributed by atoms with E-state index in [2.05, 4.69) is 12.2 Å². The van der Waals surface area contributed by atoms with Crippen molar-refractivity contribution in [2.24, 2.45) is 0 Å². The number of nitrogens with zero attached hydrogens (tertiary/aromatic N) is 1. The second kappa shape index (κ2) is 7.71. The summed E-state index contributed by atoms with van der Waals surface area (Å²) < 4.78 is 5.19. The van der Waals surface area contributed by atoms with E-state index in [1.807, 2.05) is 7.05 Å². The van der Waals surface area contributed by atoms with Gasteiger partial charge in [0, 0.05) is 13.6 Å². The standard InChI is InChI=1S/C13H26N2O3/c1-3-5-13(6-4-7-14-13)12(17)15(2)8-10-18-11-9-16/h14,16H,3-11H2,1-2H3. The van der Waals surface area contributed by atoms with E-state index in [1.165, 1.54) is 0 Å². The van der Waals surface area contributed by atoms with Gasteiger partial charge in [0.1, 0.15) is 0 Å². The SMILES string of the molecule is CCCC1(C(=O)N(C)CCOCCO)CCCN1. The van der Waals surface area contributed by atoms with E-state index in [4.69, 9.17) is 9.84 Å². The lowest BCUT2D eigenvalue weighted by Gasteiger charge is -2.32. The molecule has 106 valence electrons. The lowest BCUT2D eigenvalue weighted by molar-refractivity contribution is -0.137. The normalized spacial score (nSPS) is 23.3. The molecule has 1 atom stereocenters. The van der Waals surface area contributed by atoms with Crippen LogP contribution < -0.4 is 5.32 Å². The molecule has 0 radical (unpaired) electrons. The van der Waals surface area contributed by atoms with Crippen molar-refractivity contribution in [1.29, 1.82) is 0 Å². The lowest BCUT2D eigenvalue weighted by atomic mass is 9.90. The van der Waals surface area contributed by atoms with Gasteiger partial charge in [-0.25, -0.2) is 0 Å². The van der Waals surface area contributed by atoms with E-state index >= 15 is 0 Å². The van der Waals surface area contributed by atoms with Crippen molar-refractivity contribution in [2.45, 2.75) is 38.1 Å². The van der Waals surface area contributed by atoms with Crippen molar-refractivity contribution in [1.82, 2.24) is 10.2 Å². The average molecular weight is 258 g/mol. The van der Waals surface area contributed by atoms with Gasteiger partial charge in [-0.15, -0.1) is 0 Å². The summed E-state index contributed by atoms with van der Waals surface area (Å²) in [7, 11) is 1.82. The molecule has 0 aliphatic carbocycles. The third-order valence-electron chi connectivity index (χ3n) is 3.48. The van der Waals surface area contributed by atoms with Gasteiger partial charge >= 0.3 is 0 Å². The minimum atomic E-state index is -0.347. The van der Waals surface area contributed by atoms with E-state index in [1.54, 1.807) is 4.90 Å². The molecule has 1 rings (SSSR count). The van der Waals surface area contributed by atoms with Crippen LogP contribution in [0.15, 0.2) is 0 Å². The molecule has 18 heavy (non-hydrogen) atoms. The molecule has 0 saturated carbocycles. The fraction of sp³-hybridized carbons (Fsp3) is 0.923. The van der Waals surface area contributed by atoms with Crippen LogP contribution in [-0.4, -0.2) is 61.4 Å². The number of carbonyl (C=O) groups is 1. The minimum Gasteiger partial charge on any atom is -0.394 e. The number of hydrogen-bond donors (Lipinski definition) is 2. The molecule has 5 heteroatoms. The van der Waals surface area contributed by atoms with E-state index in [-0.39, 0.29) is 18.1 Å². The van der Waals surface area contributed by atoms with Crippen LogP contribution in [-0.2, 0) is 9.53 Å². The van der Waals surface area contributed by atoms with Crippen LogP contribution in [0.5, 0.6) is 0 Å². The molecule has 0 aromatic carbocycles. The quantitative estimate of drug-likeness (QED) is 0.618. The summed E-state index contributed by atoms with van der Waals surface area (Å²) in [5.74, 6) is 0.175. The Morgan fingerprint density at radius 1 is 1.50 bits per heavy atom. The Balaban J connectivity index is 2.44. The lowest BCUT2D eigenvalue weighted by Crippen LogP contribution is -2.54. The van der Waals surface area contributed by atoms with Crippen molar-refractivity contribution in [3.05, 3.63) is 0 Å². The van der Waals surface area contributed by atoms with Gasteiger partial charge in [0.05, 0.1) is 25.4 Å². The number of aliphatic hydroxyl groups excluding tert-OH is 1. The molecule has 1 heterocycles. The summed E-state index contributed by atoms with van der Waals surface area (Å²) in [6.45, 7) is 4.45. The number of carbonyl (C=O) groups excluding carboxylic acids is 1. The molecule has 0 aromatic heterocycles. The van der Waals surface area contributed by atoms with Gasteiger partial charge in [-0.1, -0.05) is 13.3 Å².